The number of pyridine rings is 1. The third-order valence-corrected chi connectivity index (χ3v) is 6.46. The lowest BCUT2D eigenvalue weighted by atomic mass is 9.74. The van der Waals surface area contributed by atoms with E-state index in [1.54, 1.807) is 6.07 Å². The molecule has 1 heterocycles. The molecule has 1 aromatic heterocycles. The topological polar surface area (TPSA) is 24.9 Å². The normalized spacial score (nSPS) is 15.2. The van der Waals surface area contributed by atoms with Crippen LogP contribution in [0.3, 0.4) is 0 Å². The Labute approximate surface area is 176 Å². The van der Waals surface area contributed by atoms with Crippen molar-refractivity contribution < 1.29 is 4.39 Å². The average Bonchev–Trinajstić information content (AvgIpc) is 2.67. The van der Waals surface area contributed by atoms with Gasteiger partial charge in [0.05, 0.1) is 5.52 Å². The van der Waals surface area contributed by atoms with Crippen molar-refractivity contribution in [3.63, 3.8) is 0 Å². The molecule has 0 amide bonds. The molecule has 3 heteroatoms. The number of hydrogen-bond acceptors (Lipinski definition) is 2. The zero-order valence-electron chi connectivity index (χ0n) is 17.9. The third kappa shape index (κ3) is 2.58. The van der Waals surface area contributed by atoms with E-state index in [1.165, 1.54) is 22.3 Å². The molecule has 0 fully saturated rings. The van der Waals surface area contributed by atoms with E-state index < -0.39 is 0 Å². The summed E-state index contributed by atoms with van der Waals surface area (Å²) in [5.41, 5.74) is 8.83. The second kappa shape index (κ2) is 6.66. The minimum Gasteiger partial charge on any atom is -0.373 e. The van der Waals surface area contributed by atoms with Crippen molar-refractivity contribution >= 4 is 27.5 Å². The van der Waals surface area contributed by atoms with Crippen LogP contribution < -0.4 is 5.32 Å². The number of aryl methyl sites for hydroxylation is 3. The van der Waals surface area contributed by atoms with Gasteiger partial charge in [-0.15, -0.1) is 6.58 Å². The summed E-state index contributed by atoms with van der Waals surface area (Å²) < 4.78 is 15.0. The van der Waals surface area contributed by atoms with Crippen LogP contribution in [0.1, 0.15) is 33.7 Å². The zero-order valence-corrected chi connectivity index (χ0v) is 17.9. The maximum atomic E-state index is 15.0. The van der Waals surface area contributed by atoms with E-state index in [1.807, 2.05) is 19.2 Å². The lowest BCUT2D eigenvalue weighted by Gasteiger charge is -2.31. The van der Waals surface area contributed by atoms with E-state index >= 15 is 0 Å². The van der Waals surface area contributed by atoms with E-state index in [2.05, 4.69) is 56.9 Å². The second-order valence-electron chi connectivity index (χ2n) is 8.44. The first kappa shape index (κ1) is 18.8. The fourth-order valence-corrected chi connectivity index (χ4v) is 5.18. The largest absolute Gasteiger partial charge is 0.373 e. The number of aromatic nitrogens is 1. The molecule has 150 valence electrons. The van der Waals surface area contributed by atoms with Gasteiger partial charge in [0.1, 0.15) is 11.6 Å². The summed E-state index contributed by atoms with van der Waals surface area (Å²) in [6, 6.07) is 12.5. The quantitative estimate of drug-likeness (QED) is 0.298. The first-order chi connectivity index (χ1) is 14.4. The lowest BCUT2D eigenvalue weighted by molar-refractivity contribution is 0.577. The van der Waals surface area contributed by atoms with E-state index in [-0.39, 0.29) is 11.7 Å². The summed E-state index contributed by atoms with van der Waals surface area (Å²) in [4.78, 5) is 4.88. The molecule has 1 N–H and O–H groups in total. The summed E-state index contributed by atoms with van der Waals surface area (Å²) in [5.74, 6) is 0.850. The van der Waals surface area contributed by atoms with Crippen molar-refractivity contribution in [1.29, 1.82) is 0 Å². The van der Waals surface area contributed by atoms with E-state index in [9.17, 15) is 4.39 Å². The monoisotopic (exact) mass is 396 g/mol. The molecule has 0 saturated carbocycles. The minimum atomic E-state index is -0.127. The average molecular weight is 397 g/mol. The Balaban J connectivity index is 1.87. The third-order valence-electron chi connectivity index (χ3n) is 6.46. The lowest BCUT2D eigenvalue weighted by Crippen LogP contribution is -2.18. The van der Waals surface area contributed by atoms with Gasteiger partial charge in [0.15, 0.2) is 0 Å². The number of nitrogens with one attached hydrogen (secondary N) is 1. The summed E-state index contributed by atoms with van der Waals surface area (Å²) >= 11 is 0. The molecule has 4 aromatic rings. The molecule has 0 aliphatic heterocycles. The maximum absolute atomic E-state index is 15.0. The molecule has 3 aromatic carbocycles. The van der Waals surface area contributed by atoms with Crippen LogP contribution in [0.15, 0.2) is 49.1 Å². The molecule has 0 bridgehead atoms. The fourth-order valence-electron chi connectivity index (χ4n) is 5.18. The van der Waals surface area contributed by atoms with Gasteiger partial charge >= 0.3 is 0 Å². The van der Waals surface area contributed by atoms with Crippen molar-refractivity contribution in [3.05, 3.63) is 82.7 Å². The summed E-state index contributed by atoms with van der Waals surface area (Å²) in [6.45, 7) is 10.4. The molecule has 2 nitrogen and oxygen atoms in total. The highest BCUT2D eigenvalue weighted by atomic mass is 19.1. The molecule has 5 rings (SSSR count). The van der Waals surface area contributed by atoms with Crippen LogP contribution in [-0.4, -0.2) is 12.0 Å². The van der Waals surface area contributed by atoms with Gasteiger partial charge in [-0.05, 0) is 84.2 Å². The summed E-state index contributed by atoms with van der Waals surface area (Å²) in [7, 11) is 1.87. The number of anilines is 1. The molecule has 0 spiro atoms. The number of hydrogen-bond donors (Lipinski definition) is 1. The first-order valence-corrected chi connectivity index (χ1v) is 10.4. The highest BCUT2D eigenvalue weighted by molar-refractivity contribution is 6.13. The van der Waals surface area contributed by atoms with Crippen LogP contribution >= 0.6 is 0 Å². The van der Waals surface area contributed by atoms with Gasteiger partial charge in [0.2, 0.25) is 0 Å². The van der Waals surface area contributed by atoms with Gasteiger partial charge in [-0.1, -0.05) is 29.8 Å². The minimum absolute atomic E-state index is 0.127. The van der Waals surface area contributed by atoms with Crippen LogP contribution in [0.4, 0.5) is 10.2 Å². The van der Waals surface area contributed by atoms with Crippen molar-refractivity contribution in [1.82, 2.24) is 4.98 Å². The predicted molar refractivity (Wildman–Crippen MR) is 125 cm³/mol. The van der Waals surface area contributed by atoms with Gasteiger partial charge < -0.3 is 5.32 Å². The molecule has 0 saturated heterocycles. The number of allylic oxidation sites excluding steroid dienone is 1. The van der Waals surface area contributed by atoms with Gasteiger partial charge in [0.25, 0.3) is 0 Å². The van der Waals surface area contributed by atoms with Gasteiger partial charge in [0, 0.05) is 23.7 Å². The Morgan fingerprint density at radius 3 is 2.47 bits per heavy atom. The van der Waals surface area contributed by atoms with Crippen LogP contribution in [0.2, 0.25) is 0 Å². The standard InChI is InChI=1S/C27H25FN2/c1-6-17-11-21-22(28)13-20-19-12-18(24-15(3)9-14(2)10-16(24)4)7-8-23(19)30-27(29-5)26(20)25(17)21/h6-10,12-13,17H,1,11H2,2-5H3,(H,29,30). The van der Waals surface area contributed by atoms with E-state index in [4.69, 9.17) is 4.98 Å². The summed E-state index contributed by atoms with van der Waals surface area (Å²) in [5, 5.41) is 6.15. The Morgan fingerprint density at radius 1 is 1.07 bits per heavy atom. The van der Waals surface area contributed by atoms with Crippen LogP contribution in [0.5, 0.6) is 0 Å². The zero-order chi connectivity index (χ0) is 21.2. The molecule has 30 heavy (non-hydrogen) atoms. The fraction of sp³-hybridized carbons (Fsp3) is 0.222. The predicted octanol–water partition coefficient (Wildman–Crippen LogP) is 6.99. The number of rotatable bonds is 3. The van der Waals surface area contributed by atoms with Crippen molar-refractivity contribution in [3.8, 4) is 11.1 Å². The Hall–Kier alpha value is -3.20. The van der Waals surface area contributed by atoms with Gasteiger partial charge in [-0.3, -0.25) is 0 Å². The van der Waals surface area contributed by atoms with Crippen LogP contribution in [0, 0.1) is 26.6 Å². The Kier molecular flexibility index (Phi) is 4.18. The Morgan fingerprint density at radius 2 is 1.80 bits per heavy atom. The highest BCUT2D eigenvalue weighted by Crippen LogP contribution is 2.46. The second-order valence-corrected chi connectivity index (χ2v) is 8.44. The smallest absolute Gasteiger partial charge is 0.134 e. The molecule has 1 atom stereocenters. The van der Waals surface area contributed by atoms with Gasteiger partial charge in [-0.2, -0.15) is 0 Å². The van der Waals surface area contributed by atoms with Crippen LogP contribution in [0.25, 0.3) is 32.8 Å². The van der Waals surface area contributed by atoms with Crippen molar-refractivity contribution in [2.45, 2.75) is 33.1 Å². The maximum Gasteiger partial charge on any atom is 0.134 e. The van der Waals surface area contributed by atoms with Crippen molar-refractivity contribution in [2.75, 3.05) is 12.4 Å². The first-order valence-electron chi connectivity index (χ1n) is 10.4. The number of benzene rings is 3. The number of nitrogens with zero attached hydrogens (tertiary/aromatic N) is 1. The van der Waals surface area contributed by atoms with E-state index in [0.29, 0.717) is 6.42 Å². The molecule has 1 unspecified atom stereocenters. The Bertz CT molecular complexity index is 1340. The number of halogens is 1. The SMILES string of the molecule is C=CC1Cc2c(F)cc3c(c(NC)nc4ccc(-c5c(C)cc(C)cc5C)cc43)c21. The van der Waals surface area contributed by atoms with Crippen LogP contribution in [-0.2, 0) is 6.42 Å². The summed E-state index contributed by atoms with van der Waals surface area (Å²) in [6.07, 6.45) is 2.63. The number of fused-ring (bicyclic) bond motifs is 5. The molecule has 1 aliphatic rings. The molecule has 0 radical (unpaired) electrons. The van der Waals surface area contributed by atoms with Crippen molar-refractivity contribution in [2.24, 2.45) is 0 Å². The molecular formula is C27H25FN2. The van der Waals surface area contributed by atoms with E-state index in [0.717, 1.165) is 44.2 Å². The molecular weight excluding hydrogens is 371 g/mol. The van der Waals surface area contributed by atoms with Gasteiger partial charge in [-0.25, -0.2) is 9.37 Å². The highest BCUT2D eigenvalue weighted by Gasteiger charge is 2.31. The molecule has 1 aliphatic carbocycles.